The van der Waals surface area contributed by atoms with Crippen molar-refractivity contribution in [2.24, 2.45) is 0 Å². The lowest BCUT2D eigenvalue weighted by Gasteiger charge is -2.09. The number of benzene rings is 3. The Morgan fingerprint density at radius 2 is 1.55 bits per heavy atom. The summed E-state index contributed by atoms with van der Waals surface area (Å²) in [5.74, 6) is 0.959. The first-order valence-corrected chi connectivity index (χ1v) is 9.24. The summed E-state index contributed by atoms with van der Waals surface area (Å²) in [6, 6.07) is 19.7. The van der Waals surface area contributed by atoms with Crippen molar-refractivity contribution in [1.29, 1.82) is 0 Å². The number of nitrogens with one attached hydrogen (secondary N) is 2. The van der Waals surface area contributed by atoms with Gasteiger partial charge in [-0.25, -0.2) is 0 Å². The van der Waals surface area contributed by atoms with Crippen LogP contribution in [0.1, 0.15) is 31.8 Å². The van der Waals surface area contributed by atoms with Crippen molar-refractivity contribution in [1.82, 2.24) is 5.32 Å². The molecule has 0 saturated heterocycles. The summed E-state index contributed by atoms with van der Waals surface area (Å²) in [4.78, 5) is 24.8. The molecule has 0 aliphatic carbocycles. The Kier molecular flexibility index (Phi) is 5.16. The third kappa shape index (κ3) is 4.21. The van der Waals surface area contributed by atoms with E-state index >= 15 is 0 Å². The van der Waals surface area contributed by atoms with E-state index in [1.54, 1.807) is 24.3 Å². The number of ether oxygens (including phenoxy) is 2. The molecule has 0 aromatic heterocycles. The molecule has 3 aromatic rings. The standard InChI is InChI=1S/C23H20N2O4/c1-15-4-2-3-5-19(15)25-23(27)18-9-7-17(8-10-18)22(26)24-13-16-6-11-20-21(12-16)29-14-28-20/h2-12H,13-14H2,1H3,(H,24,26)(H,25,27). The van der Waals surface area contributed by atoms with Gasteiger partial charge in [0.25, 0.3) is 11.8 Å². The second kappa shape index (κ2) is 8.06. The number of hydrogen-bond donors (Lipinski definition) is 2. The maximum Gasteiger partial charge on any atom is 0.255 e. The zero-order valence-corrected chi connectivity index (χ0v) is 15.9. The molecule has 4 rings (SSSR count). The van der Waals surface area contributed by atoms with Crippen LogP contribution in [0.25, 0.3) is 0 Å². The normalized spacial score (nSPS) is 11.8. The quantitative estimate of drug-likeness (QED) is 0.695. The molecule has 6 nitrogen and oxygen atoms in total. The van der Waals surface area contributed by atoms with Crippen LogP contribution in [0, 0.1) is 6.92 Å². The number of carbonyl (C=O) groups is 2. The molecular weight excluding hydrogens is 368 g/mol. The van der Waals surface area contributed by atoms with Gasteiger partial charge in [0.05, 0.1) is 0 Å². The highest BCUT2D eigenvalue weighted by atomic mass is 16.7. The van der Waals surface area contributed by atoms with Gasteiger partial charge in [0.2, 0.25) is 6.79 Å². The van der Waals surface area contributed by atoms with Crippen molar-refractivity contribution < 1.29 is 19.1 Å². The topological polar surface area (TPSA) is 76.7 Å². The van der Waals surface area contributed by atoms with Crippen LogP contribution in [0.5, 0.6) is 11.5 Å². The highest BCUT2D eigenvalue weighted by molar-refractivity contribution is 6.05. The Morgan fingerprint density at radius 1 is 0.862 bits per heavy atom. The molecular formula is C23H20N2O4. The number of hydrogen-bond acceptors (Lipinski definition) is 4. The molecule has 0 fully saturated rings. The van der Waals surface area contributed by atoms with E-state index < -0.39 is 0 Å². The first kappa shape index (κ1) is 18.6. The lowest BCUT2D eigenvalue weighted by atomic mass is 10.1. The van der Waals surface area contributed by atoms with Gasteiger partial charge in [-0.1, -0.05) is 24.3 Å². The van der Waals surface area contributed by atoms with Crippen molar-refractivity contribution in [2.45, 2.75) is 13.5 Å². The molecule has 146 valence electrons. The van der Waals surface area contributed by atoms with Crippen LogP contribution in [-0.4, -0.2) is 18.6 Å². The average Bonchev–Trinajstić information content (AvgIpc) is 3.21. The smallest absolute Gasteiger partial charge is 0.255 e. The lowest BCUT2D eigenvalue weighted by Crippen LogP contribution is -2.23. The molecule has 0 atom stereocenters. The van der Waals surface area contributed by atoms with E-state index in [9.17, 15) is 9.59 Å². The second-order valence-electron chi connectivity index (χ2n) is 6.72. The van der Waals surface area contributed by atoms with E-state index in [1.165, 1.54) is 0 Å². The third-order valence-corrected chi connectivity index (χ3v) is 4.69. The van der Waals surface area contributed by atoms with Crippen LogP contribution in [0.2, 0.25) is 0 Å². The molecule has 0 bridgehead atoms. The van der Waals surface area contributed by atoms with Crippen LogP contribution in [0.3, 0.4) is 0 Å². The van der Waals surface area contributed by atoms with Crippen LogP contribution in [-0.2, 0) is 6.54 Å². The summed E-state index contributed by atoms with van der Waals surface area (Å²) in [5.41, 5.74) is 3.64. The van der Waals surface area contributed by atoms with Gasteiger partial charge in [0, 0.05) is 23.4 Å². The molecule has 2 N–H and O–H groups in total. The Balaban J connectivity index is 1.36. The number of amides is 2. The fraction of sp³-hybridized carbons (Fsp3) is 0.130. The van der Waals surface area contributed by atoms with E-state index in [4.69, 9.17) is 9.47 Å². The minimum absolute atomic E-state index is 0.214. The zero-order valence-electron chi connectivity index (χ0n) is 15.9. The molecule has 0 unspecified atom stereocenters. The molecule has 6 heteroatoms. The molecule has 0 radical (unpaired) electrons. The highest BCUT2D eigenvalue weighted by Crippen LogP contribution is 2.32. The number of rotatable bonds is 5. The van der Waals surface area contributed by atoms with Crippen LogP contribution in [0.15, 0.2) is 66.7 Å². The van der Waals surface area contributed by atoms with Gasteiger partial charge < -0.3 is 20.1 Å². The van der Waals surface area contributed by atoms with E-state index in [2.05, 4.69) is 10.6 Å². The summed E-state index contributed by atoms with van der Waals surface area (Å²) >= 11 is 0. The SMILES string of the molecule is Cc1ccccc1NC(=O)c1ccc(C(=O)NCc2ccc3c(c2)OCO3)cc1. The van der Waals surface area contributed by atoms with Gasteiger partial charge in [-0.15, -0.1) is 0 Å². The van der Waals surface area contributed by atoms with Crippen molar-refractivity contribution in [2.75, 3.05) is 12.1 Å². The Bertz CT molecular complexity index is 1060. The lowest BCUT2D eigenvalue weighted by molar-refractivity contribution is 0.0949. The van der Waals surface area contributed by atoms with Gasteiger partial charge in [-0.05, 0) is 60.5 Å². The fourth-order valence-corrected chi connectivity index (χ4v) is 3.02. The van der Waals surface area contributed by atoms with Gasteiger partial charge in [-0.3, -0.25) is 9.59 Å². The number of para-hydroxylation sites is 1. The summed E-state index contributed by atoms with van der Waals surface area (Å²) in [6.07, 6.45) is 0. The second-order valence-corrected chi connectivity index (χ2v) is 6.72. The molecule has 2 amide bonds. The summed E-state index contributed by atoms with van der Waals surface area (Å²) in [6.45, 7) is 2.52. The van der Waals surface area contributed by atoms with Crippen molar-refractivity contribution >= 4 is 17.5 Å². The highest BCUT2D eigenvalue weighted by Gasteiger charge is 2.14. The summed E-state index contributed by atoms with van der Waals surface area (Å²) in [7, 11) is 0. The monoisotopic (exact) mass is 388 g/mol. The van der Waals surface area contributed by atoms with E-state index in [0.29, 0.717) is 29.2 Å². The van der Waals surface area contributed by atoms with Crippen molar-refractivity contribution in [3.63, 3.8) is 0 Å². The molecule has 1 aliphatic rings. The van der Waals surface area contributed by atoms with Crippen LogP contribution in [0.4, 0.5) is 5.69 Å². The number of anilines is 1. The van der Waals surface area contributed by atoms with Crippen LogP contribution >= 0.6 is 0 Å². The number of fused-ring (bicyclic) bond motifs is 1. The Hall–Kier alpha value is -3.80. The maximum absolute atomic E-state index is 12.4. The zero-order chi connectivity index (χ0) is 20.2. The molecule has 1 aliphatic heterocycles. The van der Waals surface area contributed by atoms with E-state index in [-0.39, 0.29) is 18.6 Å². The molecule has 0 spiro atoms. The Morgan fingerprint density at radius 3 is 2.31 bits per heavy atom. The predicted molar refractivity (Wildman–Crippen MR) is 109 cm³/mol. The largest absolute Gasteiger partial charge is 0.454 e. The molecule has 1 heterocycles. The van der Waals surface area contributed by atoms with Gasteiger partial charge in [-0.2, -0.15) is 0 Å². The Labute approximate surface area is 168 Å². The molecule has 29 heavy (non-hydrogen) atoms. The van der Waals surface area contributed by atoms with Gasteiger partial charge in [0.15, 0.2) is 11.5 Å². The van der Waals surface area contributed by atoms with Gasteiger partial charge >= 0.3 is 0 Å². The van der Waals surface area contributed by atoms with Crippen molar-refractivity contribution in [3.8, 4) is 11.5 Å². The third-order valence-electron chi connectivity index (χ3n) is 4.69. The minimum Gasteiger partial charge on any atom is -0.454 e. The summed E-state index contributed by atoms with van der Waals surface area (Å²) < 4.78 is 10.6. The average molecular weight is 388 g/mol. The van der Waals surface area contributed by atoms with Gasteiger partial charge in [0.1, 0.15) is 0 Å². The fourth-order valence-electron chi connectivity index (χ4n) is 3.02. The van der Waals surface area contributed by atoms with Crippen molar-refractivity contribution in [3.05, 3.63) is 89.0 Å². The van der Waals surface area contributed by atoms with E-state index in [0.717, 1.165) is 16.8 Å². The minimum atomic E-state index is -0.216. The number of carbonyl (C=O) groups excluding carboxylic acids is 2. The summed E-state index contributed by atoms with van der Waals surface area (Å²) in [5, 5.41) is 5.75. The number of aryl methyl sites for hydroxylation is 1. The first-order chi connectivity index (χ1) is 14.1. The molecule has 3 aromatic carbocycles. The van der Waals surface area contributed by atoms with Crippen LogP contribution < -0.4 is 20.1 Å². The van der Waals surface area contributed by atoms with E-state index in [1.807, 2.05) is 49.4 Å². The molecule has 0 saturated carbocycles. The predicted octanol–water partition coefficient (Wildman–Crippen LogP) is 3.91. The maximum atomic E-state index is 12.4. The first-order valence-electron chi connectivity index (χ1n) is 9.24.